The Balaban J connectivity index is 2.65. The SMILES string of the molecule is CC(C)(C)C(N)C(=O)NC1(CO)CCOCC1. The summed E-state index contributed by atoms with van der Waals surface area (Å²) in [5, 5.41) is 12.4. The number of nitrogens with two attached hydrogens (primary N) is 1. The fourth-order valence-electron chi connectivity index (χ4n) is 1.82. The maximum absolute atomic E-state index is 12.0. The molecule has 5 heteroatoms. The van der Waals surface area contributed by atoms with Crippen molar-refractivity contribution in [1.29, 1.82) is 0 Å². The number of amides is 1. The minimum atomic E-state index is -0.575. The van der Waals surface area contributed by atoms with Crippen molar-refractivity contribution in [3.05, 3.63) is 0 Å². The molecule has 5 nitrogen and oxygen atoms in total. The maximum atomic E-state index is 12.0. The fourth-order valence-corrected chi connectivity index (χ4v) is 1.82. The highest BCUT2D eigenvalue weighted by Gasteiger charge is 2.37. The second-order valence-electron chi connectivity index (χ2n) is 5.88. The average Bonchev–Trinajstić information content (AvgIpc) is 2.28. The standard InChI is InChI=1S/C12H24N2O3/c1-11(2,3)9(13)10(16)14-12(8-15)4-6-17-7-5-12/h9,15H,4-8,13H2,1-3H3,(H,14,16). The van der Waals surface area contributed by atoms with E-state index < -0.39 is 11.6 Å². The molecule has 0 radical (unpaired) electrons. The van der Waals surface area contributed by atoms with Gasteiger partial charge in [0.15, 0.2) is 0 Å². The lowest BCUT2D eigenvalue weighted by molar-refractivity contribution is -0.128. The molecule has 1 aliphatic heterocycles. The quantitative estimate of drug-likeness (QED) is 0.653. The molecule has 0 bridgehead atoms. The van der Waals surface area contributed by atoms with Crippen molar-refractivity contribution < 1.29 is 14.6 Å². The van der Waals surface area contributed by atoms with E-state index in [0.29, 0.717) is 26.1 Å². The molecule has 17 heavy (non-hydrogen) atoms. The molecule has 0 aromatic carbocycles. The Bertz CT molecular complexity index is 267. The van der Waals surface area contributed by atoms with Gasteiger partial charge < -0.3 is 20.9 Å². The zero-order chi connectivity index (χ0) is 13.1. The highest BCUT2D eigenvalue weighted by molar-refractivity contribution is 5.83. The summed E-state index contributed by atoms with van der Waals surface area (Å²) >= 11 is 0. The van der Waals surface area contributed by atoms with E-state index in [2.05, 4.69) is 5.32 Å². The maximum Gasteiger partial charge on any atom is 0.237 e. The van der Waals surface area contributed by atoms with Crippen molar-refractivity contribution in [3.8, 4) is 0 Å². The van der Waals surface area contributed by atoms with Gasteiger partial charge in [-0.2, -0.15) is 0 Å². The lowest BCUT2D eigenvalue weighted by atomic mass is 9.85. The van der Waals surface area contributed by atoms with Crippen LogP contribution in [0.15, 0.2) is 0 Å². The van der Waals surface area contributed by atoms with Gasteiger partial charge in [-0.3, -0.25) is 4.79 Å². The molecular formula is C12H24N2O3. The van der Waals surface area contributed by atoms with Crippen molar-refractivity contribution in [2.45, 2.75) is 45.2 Å². The van der Waals surface area contributed by atoms with Crippen LogP contribution in [0.2, 0.25) is 0 Å². The van der Waals surface area contributed by atoms with Crippen molar-refractivity contribution in [1.82, 2.24) is 5.32 Å². The molecular weight excluding hydrogens is 220 g/mol. The number of hydrogen-bond donors (Lipinski definition) is 3. The van der Waals surface area contributed by atoms with E-state index in [0.717, 1.165) is 0 Å². The third-order valence-electron chi connectivity index (χ3n) is 3.36. The Morgan fingerprint density at radius 1 is 1.47 bits per heavy atom. The number of ether oxygens (including phenoxy) is 1. The van der Waals surface area contributed by atoms with Crippen LogP contribution in [0.5, 0.6) is 0 Å². The first-order valence-corrected chi connectivity index (χ1v) is 6.07. The lowest BCUT2D eigenvalue weighted by Crippen LogP contribution is -2.60. The van der Waals surface area contributed by atoms with E-state index in [-0.39, 0.29) is 17.9 Å². The van der Waals surface area contributed by atoms with Gasteiger partial charge in [-0.25, -0.2) is 0 Å². The van der Waals surface area contributed by atoms with Crippen molar-refractivity contribution in [3.63, 3.8) is 0 Å². The van der Waals surface area contributed by atoms with Crippen LogP contribution in [0.25, 0.3) is 0 Å². The molecule has 1 fully saturated rings. The summed E-state index contributed by atoms with van der Waals surface area (Å²) in [4.78, 5) is 12.0. The molecule has 1 unspecified atom stereocenters. The van der Waals surface area contributed by atoms with Crippen molar-refractivity contribution in [2.24, 2.45) is 11.1 Å². The molecule has 1 rings (SSSR count). The number of nitrogens with one attached hydrogen (secondary N) is 1. The molecule has 4 N–H and O–H groups in total. The van der Waals surface area contributed by atoms with Gasteiger partial charge in [0, 0.05) is 13.2 Å². The molecule has 0 aliphatic carbocycles. The zero-order valence-electron chi connectivity index (χ0n) is 11.0. The number of carbonyl (C=O) groups is 1. The first kappa shape index (κ1) is 14.4. The molecule has 1 saturated heterocycles. The second kappa shape index (κ2) is 5.33. The Labute approximate surface area is 103 Å². The van der Waals surface area contributed by atoms with Crippen LogP contribution >= 0.6 is 0 Å². The molecule has 100 valence electrons. The first-order valence-electron chi connectivity index (χ1n) is 6.07. The third-order valence-corrected chi connectivity index (χ3v) is 3.36. The average molecular weight is 244 g/mol. The third kappa shape index (κ3) is 3.66. The van der Waals surface area contributed by atoms with Gasteiger partial charge >= 0.3 is 0 Å². The van der Waals surface area contributed by atoms with Gasteiger partial charge in [0.05, 0.1) is 18.2 Å². The Kier molecular flexibility index (Phi) is 4.52. The van der Waals surface area contributed by atoms with E-state index in [4.69, 9.17) is 10.5 Å². The van der Waals surface area contributed by atoms with Gasteiger partial charge in [-0.05, 0) is 18.3 Å². The molecule has 0 spiro atoms. The molecule has 1 heterocycles. The van der Waals surface area contributed by atoms with Gasteiger partial charge in [0.2, 0.25) is 5.91 Å². The van der Waals surface area contributed by atoms with Gasteiger partial charge in [-0.1, -0.05) is 20.8 Å². The van der Waals surface area contributed by atoms with Crippen LogP contribution in [0.3, 0.4) is 0 Å². The number of aliphatic hydroxyl groups excluding tert-OH is 1. The molecule has 1 amide bonds. The monoisotopic (exact) mass is 244 g/mol. The summed E-state index contributed by atoms with van der Waals surface area (Å²) in [6.45, 7) is 6.82. The smallest absolute Gasteiger partial charge is 0.237 e. The number of carbonyl (C=O) groups excluding carboxylic acids is 1. The van der Waals surface area contributed by atoms with Crippen LogP contribution in [-0.4, -0.2) is 42.4 Å². The normalized spacial score (nSPS) is 21.9. The van der Waals surface area contributed by atoms with Crippen LogP contribution in [-0.2, 0) is 9.53 Å². The molecule has 0 aromatic heterocycles. The highest BCUT2D eigenvalue weighted by atomic mass is 16.5. The summed E-state index contributed by atoms with van der Waals surface area (Å²) in [5.74, 6) is -0.201. The highest BCUT2D eigenvalue weighted by Crippen LogP contribution is 2.22. The Morgan fingerprint density at radius 3 is 2.41 bits per heavy atom. The number of hydrogen-bond acceptors (Lipinski definition) is 4. The largest absolute Gasteiger partial charge is 0.394 e. The van der Waals surface area contributed by atoms with E-state index in [1.165, 1.54) is 0 Å². The van der Waals surface area contributed by atoms with Crippen LogP contribution in [0.1, 0.15) is 33.6 Å². The van der Waals surface area contributed by atoms with Crippen molar-refractivity contribution in [2.75, 3.05) is 19.8 Å². The Morgan fingerprint density at radius 2 is 2.00 bits per heavy atom. The minimum absolute atomic E-state index is 0.0705. The summed E-state index contributed by atoms with van der Waals surface area (Å²) in [5.41, 5.74) is 5.06. The summed E-state index contributed by atoms with van der Waals surface area (Å²) < 4.78 is 5.24. The number of rotatable bonds is 3. The summed E-state index contributed by atoms with van der Waals surface area (Å²) in [7, 11) is 0. The molecule has 1 atom stereocenters. The van der Waals surface area contributed by atoms with Gasteiger partial charge in [0.25, 0.3) is 0 Å². The lowest BCUT2D eigenvalue weighted by Gasteiger charge is -2.38. The second-order valence-corrected chi connectivity index (χ2v) is 5.88. The minimum Gasteiger partial charge on any atom is -0.394 e. The van der Waals surface area contributed by atoms with Crippen LogP contribution < -0.4 is 11.1 Å². The zero-order valence-corrected chi connectivity index (χ0v) is 11.0. The van der Waals surface area contributed by atoms with Crippen LogP contribution in [0.4, 0.5) is 0 Å². The topological polar surface area (TPSA) is 84.6 Å². The molecule has 0 saturated carbocycles. The molecule has 1 aliphatic rings. The predicted molar refractivity (Wildman–Crippen MR) is 65.4 cm³/mol. The Hall–Kier alpha value is -0.650. The van der Waals surface area contributed by atoms with Crippen molar-refractivity contribution >= 4 is 5.91 Å². The van der Waals surface area contributed by atoms with Gasteiger partial charge in [-0.15, -0.1) is 0 Å². The predicted octanol–water partition coefficient (Wildman–Crippen LogP) is 0.0175. The van der Waals surface area contributed by atoms with E-state index >= 15 is 0 Å². The van der Waals surface area contributed by atoms with E-state index in [1.807, 2.05) is 20.8 Å². The fraction of sp³-hybridized carbons (Fsp3) is 0.917. The summed E-state index contributed by atoms with van der Waals surface area (Å²) in [6, 6.07) is -0.575. The summed E-state index contributed by atoms with van der Waals surface area (Å²) in [6.07, 6.45) is 1.26. The first-order chi connectivity index (χ1) is 7.81. The number of aliphatic hydroxyl groups is 1. The van der Waals surface area contributed by atoms with Crippen LogP contribution in [0, 0.1) is 5.41 Å². The van der Waals surface area contributed by atoms with Gasteiger partial charge in [0.1, 0.15) is 0 Å². The molecule has 0 aromatic rings. The van der Waals surface area contributed by atoms with E-state index in [1.54, 1.807) is 0 Å². The van der Waals surface area contributed by atoms with E-state index in [9.17, 15) is 9.90 Å².